The van der Waals surface area contributed by atoms with E-state index < -0.39 is 6.10 Å². The summed E-state index contributed by atoms with van der Waals surface area (Å²) >= 11 is 0. The molecule has 1 aliphatic heterocycles. The van der Waals surface area contributed by atoms with Crippen LogP contribution >= 0.6 is 0 Å². The van der Waals surface area contributed by atoms with Crippen LogP contribution in [0.4, 0.5) is 0 Å². The lowest BCUT2D eigenvalue weighted by molar-refractivity contribution is -0.134. The summed E-state index contributed by atoms with van der Waals surface area (Å²) in [5.74, 6) is 0.164. The van der Waals surface area contributed by atoms with E-state index in [1.165, 1.54) is 0 Å². The standard InChI is InChI=1S/C17H26N2O3/c1-2-22-13-8-17(21)19-11-9-18(10-12-19)14-16(20)15-6-4-3-5-7-15/h3-7,16,20H,2,8-14H2,1H3/t16-/m0/s1. The van der Waals surface area contributed by atoms with Crippen LogP contribution in [0.2, 0.25) is 0 Å². The third-order valence-corrected chi connectivity index (χ3v) is 4.00. The lowest BCUT2D eigenvalue weighted by atomic mass is 10.1. The van der Waals surface area contributed by atoms with Gasteiger partial charge in [0.1, 0.15) is 0 Å². The van der Waals surface area contributed by atoms with E-state index in [0.717, 1.165) is 31.7 Å². The number of aliphatic hydroxyl groups is 1. The Morgan fingerprint density at radius 1 is 1.23 bits per heavy atom. The topological polar surface area (TPSA) is 53.0 Å². The van der Waals surface area contributed by atoms with Gasteiger partial charge in [0.05, 0.1) is 19.1 Å². The van der Waals surface area contributed by atoms with Crippen molar-refractivity contribution >= 4 is 5.91 Å². The smallest absolute Gasteiger partial charge is 0.224 e. The summed E-state index contributed by atoms with van der Waals surface area (Å²) < 4.78 is 5.23. The second-order valence-electron chi connectivity index (χ2n) is 5.55. The number of piperazine rings is 1. The van der Waals surface area contributed by atoms with E-state index >= 15 is 0 Å². The number of carbonyl (C=O) groups excluding carboxylic acids is 1. The number of nitrogens with zero attached hydrogens (tertiary/aromatic N) is 2. The van der Waals surface area contributed by atoms with Gasteiger partial charge in [-0.05, 0) is 12.5 Å². The molecule has 1 N–H and O–H groups in total. The number of hydrogen-bond donors (Lipinski definition) is 1. The molecule has 0 unspecified atom stereocenters. The molecule has 1 saturated heterocycles. The normalized spacial score (nSPS) is 17.5. The average molecular weight is 306 g/mol. The van der Waals surface area contributed by atoms with Gasteiger partial charge in [0.2, 0.25) is 5.91 Å². The zero-order valence-corrected chi connectivity index (χ0v) is 13.3. The molecular formula is C17H26N2O3. The molecule has 5 nitrogen and oxygen atoms in total. The highest BCUT2D eigenvalue weighted by molar-refractivity contribution is 5.76. The number of β-amino-alcohol motifs (C(OH)–C–C–N with tert-alkyl or cyclic N) is 1. The number of aliphatic hydroxyl groups excluding tert-OH is 1. The lowest BCUT2D eigenvalue weighted by Crippen LogP contribution is -2.49. The van der Waals surface area contributed by atoms with Crippen molar-refractivity contribution < 1.29 is 14.6 Å². The van der Waals surface area contributed by atoms with Gasteiger partial charge in [0.15, 0.2) is 0 Å². The van der Waals surface area contributed by atoms with Crippen molar-refractivity contribution in [3.05, 3.63) is 35.9 Å². The molecule has 0 bridgehead atoms. The molecule has 0 radical (unpaired) electrons. The lowest BCUT2D eigenvalue weighted by Gasteiger charge is -2.35. The predicted octanol–water partition coefficient (Wildman–Crippen LogP) is 1.29. The Labute approximate surface area is 132 Å². The van der Waals surface area contributed by atoms with Crippen molar-refractivity contribution in [3.8, 4) is 0 Å². The van der Waals surface area contributed by atoms with E-state index in [-0.39, 0.29) is 5.91 Å². The van der Waals surface area contributed by atoms with Crippen LogP contribution < -0.4 is 0 Å². The molecular weight excluding hydrogens is 280 g/mol. The first-order chi connectivity index (χ1) is 10.7. The number of ether oxygens (including phenoxy) is 1. The Hall–Kier alpha value is -1.43. The third-order valence-electron chi connectivity index (χ3n) is 4.00. The zero-order chi connectivity index (χ0) is 15.8. The summed E-state index contributed by atoms with van der Waals surface area (Å²) in [5.41, 5.74) is 0.942. The molecule has 1 aliphatic rings. The van der Waals surface area contributed by atoms with Crippen LogP contribution in [-0.4, -0.2) is 66.8 Å². The molecule has 1 heterocycles. The summed E-state index contributed by atoms with van der Waals surface area (Å²) in [5, 5.41) is 10.3. The average Bonchev–Trinajstić information content (AvgIpc) is 2.56. The first-order valence-corrected chi connectivity index (χ1v) is 8.01. The van der Waals surface area contributed by atoms with Crippen molar-refractivity contribution in [2.75, 3.05) is 45.9 Å². The fraction of sp³-hybridized carbons (Fsp3) is 0.588. The molecule has 2 rings (SSSR count). The van der Waals surface area contributed by atoms with Crippen LogP contribution in [-0.2, 0) is 9.53 Å². The first kappa shape index (κ1) is 16.9. The molecule has 1 fully saturated rings. The predicted molar refractivity (Wildman–Crippen MR) is 85.5 cm³/mol. The van der Waals surface area contributed by atoms with Crippen molar-refractivity contribution in [2.45, 2.75) is 19.4 Å². The zero-order valence-electron chi connectivity index (χ0n) is 13.3. The molecule has 1 amide bonds. The molecule has 1 aromatic rings. The van der Waals surface area contributed by atoms with Crippen LogP contribution in [0, 0.1) is 0 Å². The fourth-order valence-corrected chi connectivity index (χ4v) is 2.67. The summed E-state index contributed by atoms with van der Waals surface area (Å²) in [6.07, 6.45) is -0.0121. The Morgan fingerprint density at radius 2 is 1.91 bits per heavy atom. The SMILES string of the molecule is CCOCCC(=O)N1CCN(C[C@H](O)c2ccccc2)CC1. The van der Waals surface area contributed by atoms with Crippen molar-refractivity contribution in [3.63, 3.8) is 0 Å². The first-order valence-electron chi connectivity index (χ1n) is 8.01. The molecule has 0 aliphatic carbocycles. The number of benzene rings is 1. The van der Waals surface area contributed by atoms with Crippen molar-refractivity contribution in [1.29, 1.82) is 0 Å². The van der Waals surface area contributed by atoms with Gasteiger partial charge in [-0.25, -0.2) is 0 Å². The van der Waals surface area contributed by atoms with Crippen LogP contribution in [0.15, 0.2) is 30.3 Å². The van der Waals surface area contributed by atoms with E-state index in [1.807, 2.05) is 42.2 Å². The summed E-state index contributed by atoms with van der Waals surface area (Å²) in [6.45, 7) is 6.78. The van der Waals surface area contributed by atoms with Crippen molar-refractivity contribution in [1.82, 2.24) is 9.80 Å². The fourth-order valence-electron chi connectivity index (χ4n) is 2.67. The monoisotopic (exact) mass is 306 g/mol. The number of carbonyl (C=O) groups is 1. The maximum absolute atomic E-state index is 12.0. The van der Waals surface area contributed by atoms with Crippen LogP contribution in [0.1, 0.15) is 25.0 Å². The number of rotatable bonds is 7. The van der Waals surface area contributed by atoms with Gasteiger partial charge in [-0.1, -0.05) is 30.3 Å². The van der Waals surface area contributed by atoms with Crippen LogP contribution in [0.25, 0.3) is 0 Å². The van der Waals surface area contributed by atoms with Gasteiger partial charge >= 0.3 is 0 Å². The molecule has 1 atom stereocenters. The van der Waals surface area contributed by atoms with Crippen LogP contribution in [0.3, 0.4) is 0 Å². The van der Waals surface area contributed by atoms with E-state index in [0.29, 0.717) is 26.2 Å². The summed E-state index contributed by atoms with van der Waals surface area (Å²) in [7, 11) is 0. The Morgan fingerprint density at radius 3 is 2.55 bits per heavy atom. The van der Waals surface area contributed by atoms with Crippen molar-refractivity contribution in [2.24, 2.45) is 0 Å². The molecule has 1 aromatic carbocycles. The van der Waals surface area contributed by atoms with E-state index in [2.05, 4.69) is 4.90 Å². The minimum atomic E-state index is -0.471. The molecule has 0 saturated carbocycles. The maximum atomic E-state index is 12.0. The number of amides is 1. The second-order valence-corrected chi connectivity index (χ2v) is 5.55. The largest absolute Gasteiger partial charge is 0.387 e. The highest BCUT2D eigenvalue weighted by atomic mass is 16.5. The minimum absolute atomic E-state index is 0.164. The van der Waals surface area contributed by atoms with E-state index in [9.17, 15) is 9.90 Å². The van der Waals surface area contributed by atoms with Gasteiger partial charge in [-0.15, -0.1) is 0 Å². The van der Waals surface area contributed by atoms with E-state index in [4.69, 9.17) is 4.74 Å². The van der Waals surface area contributed by atoms with Gasteiger partial charge in [-0.2, -0.15) is 0 Å². The summed E-state index contributed by atoms with van der Waals surface area (Å²) in [6, 6.07) is 9.71. The Balaban J connectivity index is 1.72. The number of hydrogen-bond acceptors (Lipinski definition) is 4. The molecule has 0 spiro atoms. The van der Waals surface area contributed by atoms with Gasteiger partial charge < -0.3 is 14.7 Å². The van der Waals surface area contributed by atoms with Gasteiger partial charge in [0, 0.05) is 39.3 Å². The highest BCUT2D eigenvalue weighted by Crippen LogP contribution is 2.15. The highest BCUT2D eigenvalue weighted by Gasteiger charge is 2.22. The van der Waals surface area contributed by atoms with Gasteiger partial charge in [-0.3, -0.25) is 9.69 Å². The Kier molecular flexibility index (Phi) is 6.83. The molecule has 0 aromatic heterocycles. The summed E-state index contributed by atoms with van der Waals surface area (Å²) in [4.78, 5) is 16.1. The molecule has 5 heteroatoms. The molecule has 22 heavy (non-hydrogen) atoms. The Bertz CT molecular complexity index is 444. The molecule has 122 valence electrons. The minimum Gasteiger partial charge on any atom is -0.387 e. The van der Waals surface area contributed by atoms with E-state index in [1.54, 1.807) is 0 Å². The quantitative estimate of drug-likeness (QED) is 0.771. The third kappa shape index (κ3) is 5.09. The second kappa shape index (κ2) is 8.88. The van der Waals surface area contributed by atoms with Crippen LogP contribution in [0.5, 0.6) is 0 Å². The maximum Gasteiger partial charge on any atom is 0.224 e. The van der Waals surface area contributed by atoms with Gasteiger partial charge in [0.25, 0.3) is 0 Å².